The molecule has 0 aliphatic carbocycles. The second-order valence-electron chi connectivity index (χ2n) is 3.14. The molecule has 17 heavy (non-hydrogen) atoms. The normalized spacial score (nSPS) is 10.6. The Hall–Kier alpha value is -2.09. The van der Waals surface area contributed by atoms with E-state index in [1.807, 2.05) is 0 Å². The number of fused-ring (bicyclic) bond motifs is 1. The van der Waals surface area contributed by atoms with Gasteiger partial charge in [0.1, 0.15) is 5.52 Å². The van der Waals surface area contributed by atoms with Crippen LogP contribution in [-0.4, -0.2) is 21.6 Å². The summed E-state index contributed by atoms with van der Waals surface area (Å²) in [5.41, 5.74) is 5.72. The lowest BCUT2D eigenvalue weighted by atomic mass is 10.3. The van der Waals surface area contributed by atoms with Crippen molar-refractivity contribution in [2.45, 2.75) is 5.22 Å². The highest BCUT2D eigenvalue weighted by Gasteiger charge is 2.12. The lowest BCUT2D eigenvalue weighted by Crippen LogP contribution is -2.12. The first-order valence-corrected chi connectivity index (χ1v) is 5.51. The number of non-ortho nitro benzene ring substituents is 1. The lowest BCUT2D eigenvalue weighted by Gasteiger charge is -1.89. The number of carbonyl (C=O) groups is 1. The van der Waals surface area contributed by atoms with E-state index in [1.165, 1.54) is 18.2 Å². The first kappa shape index (κ1) is 11.4. The molecule has 88 valence electrons. The Morgan fingerprint density at radius 3 is 3.00 bits per heavy atom. The molecular formula is C9H7N3O4S. The number of rotatable bonds is 4. The zero-order valence-electron chi connectivity index (χ0n) is 8.45. The van der Waals surface area contributed by atoms with Crippen molar-refractivity contribution in [2.24, 2.45) is 5.73 Å². The molecule has 0 aliphatic rings. The van der Waals surface area contributed by atoms with Gasteiger partial charge in [-0.1, -0.05) is 11.8 Å². The number of amides is 1. The fraction of sp³-hybridized carbons (Fsp3) is 0.111. The predicted octanol–water partition coefficient (Wildman–Crippen LogP) is 1.31. The molecule has 2 rings (SSSR count). The van der Waals surface area contributed by atoms with E-state index in [9.17, 15) is 14.9 Å². The van der Waals surface area contributed by atoms with E-state index in [0.29, 0.717) is 11.1 Å². The van der Waals surface area contributed by atoms with Crippen molar-refractivity contribution in [1.82, 2.24) is 4.98 Å². The van der Waals surface area contributed by atoms with Gasteiger partial charge in [-0.2, -0.15) is 0 Å². The van der Waals surface area contributed by atoms with E-state index in [1.54, 1.807) is 0 Å². The minimum absolute atomic E-state index is 0.0505. The first-order valence-electron chi connectivity index (χ1n) is 4.52. The maximum atomic E-state index is 10.6. The van der Waals surface area contributed by atoms with E-state index in [-0.39, 0.29) is 16.7 Å². The maximum absolute atomic E-state index is 10.6. The zero-order chi connectivity index (χ0) is 12.4. The Balaban J connectivity index is 2.30. The molecule has 0 saturated carbocycles. The molecular weight excluding hydrogens is 246 g/mol. The summed E-state index contributed by atoms with van der Waals surface area (Å²) in [5.74, 6) is -0.433. The van der Waals surface area contributed by atoms with Gasteiger partial charge >= 0.3 is 0 Å². The van der Waals surface area contributed by atoms with Crippen molar-refractivity contribution in [1.29, 1.82) is 0 Å². The SMILES string of the molecule is NC(=O)CSc1nc2ccc([N+](=O)[O-])cc2o1. The average molecular weight is 253 g/mol. The van der Waals surface area contributed by atoms with Crippen molar-refractivity contribution in [2.75, 3.05) is 5.75 Å². The van der Waals surface area contributed by atoms with Crippen molar-refractivity contribution in [3.8, 4) is 0 Å². The van der Waals surface area contributed by atoms with Gasteiger partial charge in [0, 0.05) is 6.07 Å². The smallest absolute Gasteiger partial charge is 0.273 e. The molecule has 0 atom stereocenters. The van der Waals surface area contributed by atoms with Crippen LogP contribution in [0.25, 0.3) is 11.1 Å². The first-order chi connectivity index (χ1) is 8.06. The largest absolute Gasteiger partial charge is 0.431 e. The predicted molar refractivity (Wildman–Crippen MR) is 60.6 cm³/mol. The third-order valence-electron chi connectivity index (χ3n) is 1.90. The van der Waals surface area contributed by atoms with Crippen LogP contribution < -0.4 is 5.73 Å². The Labute approximate surface area is 99.1 Å². The third kappa shape index (κ3) is 2.53. The monoisotopic (exact) mass is 253 g/mol. The molecule has 0 saturated heterocycles. The van der Waals surface area contributed by atoms with E-state index in [0.717, 1.165) is 11.8 Å². The van der Waals surface area contributed by atoms with E-state index >= 15 is 0 Å². The molecule has 0 radical (unpaired) electrons. The summed E-state index contributed by atoms with van der Waals surface area (Å²) in [6.45, 7) is 0. The number of aromatic nitrogens is 1. The molecule has 1 heterocycles. The fourth-order valence-electron chi connectivity index (χ4n) is 1.20. The number of nitrogens with two attached hydrogens (primary N) is 1. The van der Waals surface area contributed by atoms with Crippen LogP contribution >= 0.6 is 11.8 Å². The second-order valence-corrected chi connectivity index (χ2v) is 4.07. The summed E-state index contributed by atoms with van der Waals surface area (Å²) in [7, 11) is 0. The van der Waals surface area contributed by atoms with Gasteiger partial charge in [0.05, 0.1) is 16.7 Å². The summed E-state index contributed by atoms with van der Waals surface area (Å²) >= 11 is 1.05. The zero-order valence-corrected chi connectivity index (χ0v) is 9.27. The van der Waals surface area contributed by atoms with Gasteiger partial charge in [0.2, 0.25) is 5.91 Å². The van der Waals surface area contributed by atoms with Gasteiger partial charge in [-0.05, 0) is 6.07 Å². The van der Waals surface area contributed by atoms with Gasteiger partial charge < -0.3 is 10.2 Å². The second kappa shape index (κ2) is 4.42. The summed E-state index contributed by atoms with van der Waals surface area (Å²) in [6, 6.07) is 4.12. The highest BCUT2D eigenvalue weighted by Crippen LogP contribution is 2.26. The molecule has 1 amide bonds. The number of nitro benzene ring substituents is 1. The van der Waals surface area contributed by atoms with E-state index in [4.69, 9.17) is 10.2 Å². The molecule has 0 unspecified atom stereocenters. The number of benzene rings is 1. The molecule has 0 spiro atoms. The number of primary amides is 1. The molecule has 0 bridgehead atoms. The van der Waals surface area contributed by atoms with Gasteiger partial charge in [-0.15, -0.1) is 0 Å². The molecule has 8 heteroatoms. The van der Waals surface area contributed by atoms with Crippen LogP contribution in [0.1, 0.15) is 0 Å². The quantitative estimate of drug-likeness (QED) is 0.499. The minimum Gasteiger partial charge on any atom is -0.431 e. The van der Waals surface area contributed by atoms with Gasteiger partial charge in [-0.25, -0.2) is 4.98 Å². The van der Waals surface area contributed by atoms with Crippen LogP contribution in [0.3, 0.4) is 0 Å². The Kier molecular flexibility index (Phi) is 2.96. The molecule has 1 aromatic heterocycles. The van der Waals surface area contributed by atoms with Crippen LogP contribution in [0.2, 0.25) is 0 Å². The topological polar surface area (TPSA) is 112 Å². The average Bonchev–Trinajstić information content (AvgIpc) is 2.67. The summed E-state index contributed by atoms with van der Waals surface area (Å²) in [5, 5.41) is 10.8. The van der Waals surface area contributed by atoms with Crippen LogP contribution in [-0.2, 0) is 4.79 Å². The highest BCUT2D eigenvalue weighted by molar-refractivity contribution is 7.99. The molecule has 7 nitrogen and oxygen atoms in total. The Morgan fingerprint density at radius 2 is 2.35 bits per heavy atom. The number of nitro groups is 1. The highest BCUT2D eigenvalue weighted by atomic mass is 32.2. The van der Waals surface area contributed by atoms with Gasteiger partial charge in [0.25, 0.3) is 10.9 Å². The number of oxazole rings is 1. The van der Waals surface area contributed by atoms with E-state index in [2.05, 4.69) is 4.98 Å². The number of thioether (sulfide) groups is 1. The van der Waals surface area contributed by atoms with Crippen LogP contribution in [0.4, 0.5) is 5.69 Å². The summed E-state index contributed by atoms with van der Waals surface area (Å²) < 4.78 is 5.25. The Bertz CT molecular complexity index is 595. The van der Waals surface area contributed by atoms with Gasteiger partial charge in [0.15, 0.2) is 5.58 Å². The number of carbonyl (C=O) groups excluding carboxylic acids is 1. The molecule has 0 fully saturated rings. The fourth-order valence-corrected chi connectivity index (χ4v) is 1.78. The maximum Gasteiger partial charge on any atom is 0.273 e. The molecule has 2 N–H and O–H groups in total. The standard InChI is InChI=1S/C9H7N3O4S/c10-8(13)4-17-9-11-6-2-1-5(12(14)15)3-7(6)16-9/h1-3H,4H2,(H2,10,13). The number of nitrogens with zero attached hydrogens (tertiary/aromatic N) is 2. The third-order valence-corrected chi connectivity index (χ3v) is 2.75. The number of hydrogen-bond donors (Lipinski definition) is 1. The minimum atomic E-state index is -0.516. The van der Waals surface area contributed by atoms with Crippen LogP contribution in [0.15, 0.2) is 27.8 Å². The lowest BCUT2D eigenvalue weighted by molar-refractivity contribution is -0.384. The molecule has 0 aliphatic heterocycles. The van der Waals surface area contributed by atoms with Crippen LogP contribution in [0, 0.1) is 10.1 Å². The van der Waals surface area contributed by atoms with Crippen molar-refractivity contribution in [3.63, 3.8) is 0 Å². The van der Waals surface area contributed by atoms with Crippen molar-refractivity contribution < 1.29 is 14.1 Å². The van der Waals surface area contributed by atoms with E-state index < -0.39 is 10.8 Å². The Morgan fingerprint density at radius 1 is 1.59 bits per heavy atom. The van der Waals surface area contributed by atoms with Crippen molar-refractivity contribution >= 4 is 34.5 Å². The summed E-state index contributed by atoms with van der Waals surface area (Å²) in [4.78, 5) is 24.7. The van der Waals surface area contributed by atoms with Crippen LogP contribution in [0.5, 0.6) is 0 Å². The molecule has 2 aromatic rings. The molecule has 1 aromatic carbocycles. The summed E-state index contributed by atoms with van der Waals surface area (Å²) in [6.07, 6.45) is 0. The number of hydrogen-bond acceptors (Lipinski definition) is 6. The van der Waals surface area contributed by atoms with Crippen molar-refractivity contribution in [3.05, 3.63) is 28.3 Å². The van der Waals surface area contributed by atoms with Gasteiger partial charge in [-0.3, -0.25) is 14.9 Å².